The second-order valence-corrected chi connectivity index (χ2v) is 5.33. The Bertz CT molecular complexity index is 515. The van der Waals surface area contributed by atoms with Crippen LogP contribution in [0.2, 0.25) is 0 Å². The number of benzene rings is 1. The number of nitrogens with one attached hydrogen (secondary N) is 2. The average Bonchev–Trinajstić information content (AvgIpc) is 2.46. The van der Waals surface area contributed by atoms with Gasteiger partial charge in [0.25, 0.3) is 0 Å². The van der Waals surface area contributed by atoms with Crippen LogP contribution < -0.4 is 20.1 Å². The van der Waals surface area contributed by atoms with Crippen LogP contribution in [0.5, 0.6) is 11.5 Å². The molecule has 0 unspecified atom stereocenters. The monoisotopic (exact) mass is 308 g/mol. The quantitative estimate of drug-likeness (QED) is 0.722. The molecule has 0 saturated heterocycles. The van der Waals surface area contributed by atoms with Crippen molar-refractivity contribution in [1.29, 1.82) is 0 Å². The molecular formula is C16H24N2O4. The maximum Gasteiger partial charge on any atom is 0.233 e. The fourth-order valence-electron chi connectivity index (χ4n) is 1.83. The summed E-state index contributed by atoms with van der Waals surface area (Å²) in [5, 5.41) is 5.39. The Balaban J connectivity index is 2.49. The molecule has 0 fully saturated rings. The van der Waals surface area contributed by atoms with E-state index in [9.17, 15) is 9.59 Å². The lowest BCUT2D eigenvalue weighted by molar-refractivity contribution is -0.126. The third-order valence-corrected chi connectivity index (χ3v) is 3.03. The Kier molecular flexibility index (Phi) is 7.22. The molecule has 0 aliphatic heterocycles. The summed E-state index contributed by atoms with van der Waals surface area (Å²) < 4.78 is 10.3. The summed E-state index contributed by atoms with van der Waals surface area (Å²) in [6.07, 6.45) is 0.690. The standard InChI is InChI=1S/C16H24N2O4/c1-11(2)7-8-17-15(19)10-16(20)18-12-5-6-13(21-3)14(9-12)22-4/h5-6,9,11H,7-8,10H2,1-4H3,(H,17,19)(H,18,20). The van der Waals surface area contributed by atoms with Crippen LogP contribution in [-0.2, 0) is 9.59 Å². The summed E-state index contributed by atoms with van der Waals surface area (Å²) in [7, 11) is 3.06. The van der Waals surface area contributed by atoms with Crippen molar-refractivity contribution >= 4 is 17.5 Å². The summed E-state index contributed by atoms with van der Waals surface area (Å²) in [6.45, 7) is 4.74. The molecule has 0 atom stereocenters. The van der Waals surface area contributed by atoms with E-state index >= 15 is 0 Å². The van der Waals surface area contributed by atoms with E-state index in [2.05, 4.69) is 24.5 Å². The minimum Gasteiger partial charge on any atom is -0.493 e. The van der Waals surface area contributed by atoms with Crippen LogP contribution in [0, 0.1) is 5.92 Å². The van der Waals surface area contributed by atoms with Crippen molar-refractivity contribution in [3.8, 4) is 11.5 Å². The van der Waals surface area contributed by atoms with E-state index in [-0.39, 0.29) is 18.2 Å². The van der Waals surface area contributed by atoms with Crippen molar-refractivity contribution in [1.82, 2.24) is 5.32 Å². The highest BCUT2D eigenvalue weighted by Gasteiger charge is 2.11. The Morgan fingerprint density at radius 2 is 1.77 bits per heavy atom. The van der Waals surface area contributed by atoms with Gasteiger partial charge in [-0.3, -0.25) is 9.59 Å². The molecule has 6 nitrogen and oxygen atoms in total. The van der Waals surface area contributed by atoms with Gasteiger partial charge in [-0.2, -0.15) is 0 Å². The Labute approximate surface area is 131 Å². The number of carbonyl (C=O) groups excluding carboxylic acids is 2. The number of rotatable bonds is 8. The number of anilines is 1. The molecule has 0 saturated carbocycles. The van der Waals surface area contributed by atoms with Crippen molar-refractivity contribution in [2.24, 2.45) is 5.92 Å². The van der Waals surface area contributed by atoms with Crippen LogP contribution in [0.25, 0.3) is 0 Å². The molecule has 0 aliphatic carbocycles. The lowest BCUT2D eigenvalue weighted by Crippen LogP contribution is -2.29. The summed E-state index contributed by atoms with van der Waals surface area (Å²) in [5.74, 6) is 0.961. The van der Waals surface area contributed by atoms with Crippen LogP contribution in [0.4, 0.5) is 5.69 Å². The lowest BCUT2D eigenvalue weighted by Gasteiger charge is -2.11. The first-order valence-corrected chi connectivity index (χ1v) is 7.24. The highest BCUT2D eigenvalue weighted by molar-refractivity contribution is 6.03. The van der Waals surface area contributed by atoms with Gasteiger partial charge in [-0.25, -0.2) is 0 Å². The molecule has 1 aromatic rings. The number of hydrogen-bond donors (Lipinski definition) is 2. The third kappa shape index (κ3) is 6.03. The van der Waals surface area contributed by atoms with E-state index in [1.807, 2.05) is 0 Å². The van der Waals surface area contributed by atoms with Gasteiger partial charge in [-0.05, 0) is 24.5 Å². The van der Waals surface area contributed by atoms with Gasteiger partial charge < -0.3 is 20.1 Å². The zero-order chi connectivity index (χ0) is 16.5. The Morgan fingerprint density at radius 3 is 2.36 bits per heavy atom. The van der Waals surface area contributed by atoms with E-state index < -0.39 is 0 Å². The van der Waals surface area contributed by atoms with Gasteiger partial charge in [0.15, 0.2) is 11.5 Å². The topological polar surface area (TPSA) is 76.7 Å². The average molecular weight is 308 g/mol. The Hall–Kier alpha value is -2.24. The minimum absolute atomic E-state index is 0.202. The first kappa shape index (κ1) is 17.8. The summed E-state index contributed by atoms with van der Waals surface area (Å²) in [4.78, 5) is 23.5. The second-order valence-electron chi connectivity index (χ2n) is 5.33. The van der Waals surface area contributed by atoms with Gasteiger partial charge in [0, 0.05) is 18.3 Å². The minimum atomic E-state index is -0.366. The fraction of sp³-hybridized carbons (Fsp3) is 0.500. The highest BCUT2D eigenvalue weighted by Crippen LogP contribution is 2.29. The van der Waals surface area contributed by atoms with Gasteiger partial charge in [-0.15, -0.1) is 0 Å². The zero-order valence-electron chi connectivity index (χ0n) is 13.6. The summed E-state index contributed by atoms with van der Waals surface area (Å²) in [6, 6.07) is 5.03. The molecule has 0 bridgehead atoms. The maximum atomic E-state index is 11.8. The zero-order valence-corrected chi connectivity index (χ0v) is 13.6. The van der Waals surface area contributed by atoms with Crippen LogP contribution >= 0.6 is 0 Å². The van der Waals surface area contributed by atoms with E-state index in [0.717, 1.165) is 6.42 Å². The normalized spacial score (nSPS) is 10.2. The SMILES string of the molecule is COc1ccc(NC(=O)CC(=O)NCCC(C)C)cc1OC. The van der Waals surface area contributed by atoms with Crippen molar-refractivity contribution < 1.29 is 19.1 Å². The van der Waals surface area contributed by atoms with Crippen molar-refractivity contribution in [2.45, 2.75) is 26.7 Å². The number of carbonyl (C=O) groups is 2. The number of ether oxygens (including phenoxy) is 2. The number of methoxy groups -OCH3 is 2. The maximum absolute atomic E-state index is 11.8. The number of hydrogen-bond acceptors (Lipinski definition) is 4. The predicted octanol–water partition coefficient (Wildman–Crippen LogP) is 2.19. The largest absolute Gasteiger partial charge is 0.493 e. The van der Waals surface area contributed by atoms with E-state index in [1.165, 1.54) is 14.2 Å². The molecular weight excluding hydrogens is 284 g/mol. The van der Waals surface area contributed by atoms with Gasteiger partial charge >= 0.3 is 0 Å². The van der Waals surface area contributed by atoms with Crippen molar-refractivity contribution in [2.75, 3.05) is 26.1 Å². The number of amides is 2. The van der Waals surface area contributed by atoms with Gasteiger partial charge in [0.2, 0.25) is 11.8 Å². The lowest BCUT2D eigenvalue weighted by atomic mass is 10.1. The van der Waals surface area contributed by atoms with Crippen molar-refractivity contribution in [3.63, 3.8) is 0 Å². The van der Waals surface area contributed by atoms with E-state index in [4.69, 9.17) is 9.47 Å². The molecule has 2 amide bonds. The third-order valence-electron chi connectivity index (χ3n) is 3.03. The molecule has 0 aromatic heterocycles. The molecule has 122 valence electrons. The first-order valence-electron chi connectivity index (χ1n) is 7.24. The molecule has 22 heavy (non-hydrogen) atoms. The molecule has 0 radical (unpaired) electrons. The smallest absolute Gasteiger partial charge is 0.233 e. The fourth-order valence-corrected chi connectivity index (χ4v) is 1.83. The molecule has 0 aliphatic rings. The predicted molar refractivity (Wildman–Crippen MR) is 85.3 cm³/mol. The molecule has 1 rings (SSSR count). The molecule has 6 heteroatoms. The molecule has 0 spiro atoms. The summed E-state index contributed by atoms with van der Waals surface area (Å²) >= 11 is 0. The van der Waals surface area contributed by atoms with Crippen LogP contribution in [0.15, 0.2) is 18.2 Å². The molecule has 0 heterocycles. The summed E-state index contributed by atoms with van der Waals surface area (Å²) in [5.41, 5.74) is 0.553. The first-order chi connectivity index (χ1) is 10.5. The highest BCUT2D eigenvalue weighted by atomic mass is 16.5. The van der Waals surface area contributed by atoms with Gasteiger partial charge in [0.1, 0.15) is 6.42 Å². The molecule has 1 aromatic carbocycles. The van der Waals surface area contributed by atoms with E-state index in [1.54, 1.807) is 18.2 Å². The van der Waals surface area contributed by atoms with Gasteiger partial charge in [0.05, 0.1) is 14.2 Å². The van der Waals surface area contributed by atoms with E-state index in [0.29, 0.717) is 29.6 Å². The van der Waals surface area contributed by atoms with Crippen LogP contribution in [-0.4, -0.2) is 32.6 Å². The Morgan fingerprint density at radius 1 is 1.09 bits per heavy atom. The second kappa shape index (κ2) is 8.92. The van der Waals surface area contributed by atoms with Gasteiger partial charge in [-0.1, -0.05) is 13.8 Å². The molecule has 2 N–H and O–H groups in total. The van der Waals surface area contributed by atoms with Crippen LogP contribution in [0.3, 0.4) is 0 Å². The van der Waals surface area contributed by atoms with Crippen molar-refractivity contribution in [3.05, 3.63) is 18.2 Å². The van der Waals surface area contributed by atoms with Crippen LogP contribution in [0.1, 0.15) is 26.7 Å².